The highest BCUT2D eigenvalue weighted by Gasteiger charge is 2.20. The van der Waals surface area contributed by atoms with Crippen molar-refractivity contribution >= 4 is 21.6 Å². The summed E-state index contributed by atoms with van der Waals surface area (Å²) in [7, 11) is 2.06. The van der Waals surface area contributed by atoms with E-state index in [1.807, 2.05) is 0 Å². The highest BCUT2D eigenvalue weighted by molar-refractivity contribution is 9.10. The normalized spacial score (nSPS) is 17.5. The van der Waals surface area contributed by atoms with Gasteiger partial charge in [0.2, 0.25) is 0 Å². The van der Waals surface area contributed by atoms with Crippen molar-refractivity contribution in [3.05, 3.63) is 27.7 Å². The Hall–Kier alpha value is -0.540. The van der Waals surface area contributed by atoms with Crippen LogP contribution in [0.4, 0.5) is 5.69 Å². The second-order valence-electron chi connectivity index (χ2n) is 4.96. The van der Waals surface area contributed by atoms with E-state index in [0.29, 0.717) is 6.04 Å². The fourth-order valence-corrected chi connectivity index (χ4v) is 3.62. The molecule has 0 spiro atoms. The van der Waals surface area contributed by atoms with Crippen LogP contribution < -0.4 is 10.2 Å². The predicted molar refractivity (Wildman–Crippen MR) is 77.9 cm³/mol. The Kier molecular flexibility index (Phi) is 4.10. The van der Waals surface area contributed by atoms with E-state index in [0.717, 1.165) is 13.1 Å². The van der Waals surface area contributed by atoms with Gasteiger partial charge in [0.05, 0.1) is 5.69 Å². The summed E-state index contributed by atoms with van der Waals surface area (Å²) < 4.78 is 1.23. The Balaban J connectivity index is 2.18. The van der Waals surface area contributed by atoms with Gasteiger partial charge in [-0.05, 0) is 66.9 Å². The van der Waals surface area contributed by atoms with Gasteiger partial charge >= 0.3 is 0 Å². The largest absolute Gasteiger partial charge is 0.370 e. The van der Waals surface area contributed by atoms with E-state index in [-0.39, 0.29) is 0 Å². The number of piperidine rings is 1. The zero-order valence-corrected chi connectivity index (χ0v) is 12.5. The Morgan fingerprint density at radius 3 is 2.41 bits per heavy atom. The molecule has 3 heteroatoms. The molecule has 1 aromatic rings. The van der Waals surface area contributed by atoms with Crippen LogP contribution in [-0.2, 0) is 0 Å². The molecule has 0 amide bonds. The molecule has 1 aliphatic rings. The molecule has 0 saturated carbocycles. The van der Waals surface area contributed by atoms with Gasteiger partial charge in [-0.15, -0.1) is 0 Å². The molecule has 0 aliphatic carbocycles. The predicted octanol–water partition coefficient (Wildman–Crippen LogP) is 3.25. The molecule has 17 heavy (non-hydrogen) atoms. The van der Waals surface area contributed by atoms with Crippen LogP contribution in [0.15, 0.2) is 16.6 Å². The van der Waals surface area contributed by atoms with Gasteiger partial charge in [-0.25, -0.2) is 0 Å². The van der Waals surface area contributed by atoms with Crippen LogP contribution >= 0.6 is 15.9 Å². The smallest absolute Gasteiger partial charge is 0.0540 e. The Morgan fingerprint density at radius 1 is 1.24 bits per heavy atom. The quantitative estimate of drug-likeness (QED) is 0.901. The molecule has 1 aliphatic heterocycles. The third-order valence-electron chi connectivity index (χ3n) is 3.62. The second-order valence-corrected chi connectivity index (χ2v) is 5.82. The summed E-state index contributed by atoms with van der Waals surface area (Å²) in [6.45, 7) is 6.65. The fraction of sp³-hybridized carbons (Fsp3) is 0.571. The van der Waals surface area contributed by atoms with E-state index in [1.165, 1.54) is 34.1 Å². The minimum Gasteiger partial charge on any atom is -0.370 e. The van der Waals surface area contributed by atoms with Crippen molar-refractivity contribution in [2.24, 2.45) is 0 Å². The van der Waals surface area contributed by atoms with E-state index in [9.17, 15) is 0 Å². The zero-order chi connectivity index (χ0) is 12.4. The number of aryl methyl sites for hydroxylation is 2. The maximum Gasteiger partial charge on any atom is 0.0540 e. The van der Waals surface area contributed by atoms with Crippen LogP contribution in [0.3, 0.4) is 0 Å². The van der Waals surface area contributed by atoms with Gasteiger partial charge < -0.3 is 10.2 Å². The van der Waals surface area contributed by atoms with Crippen LogP contribution in [0.2, 0.25) is 0 Å². The van der Waals surface area contributed by atoms with Crippen LogP contribution in [-0.4, -0.2) is 26.2 Å². The molecule has 2 rings (SSSR count). The lowest BCUT2D eigenvalue weighted by Crippen LogP contribution is -2.41. The van der Waals surface area contributed by atoms with Crippen molar-refractivity contribution in [1.82, 2.24) is 5.32 Å². The van der Waals surface area contributed by atoms with Crippen LogP contribution in [0.1, 0.15) is 24.0 Å². The molecule has 2 nitrogen and oxygen atoms in total. The first-order chi connectivity index (χ1) is 8.11. The van der Waals surface area contributed by atoms with Gasteiger partial charge in [0, 0.05) is 23.6 Å². The van der Waals surface area contributed by atoms with Crippen LogP contribution in [0.25, 0.3) is 0 Å². The summed E-state index contributed by atoms with van der Waals surface area (Å²) in [4.78, 5) is 2.51. The topological polar surface area (TPSA) is 15.3 Å². The van der Waals surface area contributed by atoms with E-state index in [2.05, 4.69) is 59.2 Å². The van der Waals surface area contributed by atoms with Crippen LogP contribution in [0, 0.1) is 13.8 Å². The first-order valence-electron chi connectivity index (χ1n) is 6.30. The molecular formula is C14H21BrN2. The number of halogens is 1. The number of benzene rings is 1. The van der Waals surface area contributed by atoms with Crippen molar-refractivity contribution in [3.8, 4) is 0 Å². The van der Waals surface area contributed by atoms with Crippen molar-refractivity contribution in [2.45, 2.75) is 32.7 Å². The molecule has 0 bridgehead atoms. The minimum absolute atomic E-state index is 0.691. The highest BCUT2D eigenvalue weighted by atomic mass is 79.9. The number of nitrogens with zero attached hydrogens (tertiary/aromatic N) is 1. The number of anilines is 1. The maximum atomic E-state index is 3.71. The summed E-state index contributed by atoms with van der Waals surface area (Å²) in [5.74, 6) is 0. The Bertz CT molecular complexity index is 372. The number of hydrogen-bond donors (Lipinski definition) is 1. The molecule has 1 fully saturated rings. The monoisotopic (exact) mass is 296 g/mol. The molecule has 1 N–H and O–H groups in total. The minimum atomic E-state index is 0.691. The van der Waals surface area contributed by atoms with Gasteiger partial charge in [-0.2, -0.15) is 0 Å². The SMILES string of the molecule is CNC1CCN(c2c(C)cc(C)cc2Br)CC1. The Labute approximate surface area is 113 Å². The summed E-state index contributed by atoms with van der Waals surface area (Å²) >= 11 is 3.71. The lowest BCUT2D eigenvalue weighted by molar-refractivity contribution is 0.442. The van der Waals surface area contributed by atoms with E-state index >= 15 is 0 Å². The van der Waals surface area contributed by atoms with E-state index in [4.69, 9.17) is 0 Å². The molecule has 94 valence electrons. The number of hydrogen-bond acceptors (Lipinski definition) is 2. The van der Waals surface area contributed by atoms with Crippen molar-refractivity contribution in [2.75, 3.05) is 25.0 Å². The molecule has 1 saturated heterocycles. The molecule has 0 radical (unpaired) electrons. The third-order valence-corrected chi connectivity index (χ3v) is 4.22. The average Bonchev–Trinajstić information content (AvgIpc) is 2.28. The number of nitrogens with one attached hydrogen (secondary N) is 1. The first kappa shape index (κ1) is 12.9. The van der Waals surface area contributed by atoms with Gasteiger partial charge in [-0.1, -0.05) is 6.07 Å². The molecule has 0 aromatic heterocycles. The maximum absolute atomic E-state index is 3.71. The van der Waals surface area contributed by atoms with Gasteiger partial charge in [0.15, 0.2) is 0 Å². The first-order valence-corrected chi connectivity index (χ1v) is 7.10. The van der Waals surface area contributed by atoms with Crippen LogP contribution in [0.5, 0.6) is 0 Å². The summed E-state index contributed by atoms with van der Waals surface area (Å²) in [6.07, 6.45) is 2.46. The third kappa shape index (κ3) is 2.83. The fourth-order valence-electron chi connectivity index (χ4n) is 2.70. The zero-order valence-electron chi connectivity index (χ0n) is 10.9. The Morgan fingerprint density at radius 2 is 1.88 bits per heavy atom. The summed E-state index contributed by atoms with van der Waals surface area (Å²) in [6, 6.07) is 5.17. The lowest BCUT2D eigenvalue weighted by Gasteiger charge is -2.35. The number of rotatable bonds is 2. The van der Waals surface area contributed by atoms with E-state index < -0.39 is 0 Å². The van der Waals surface area contributed by atoms with Crippen molar-refractivity contribution < 1.29 is 0 Å². The van der Waals surface area contributed by atoms with Gasteiger partial charge in [-0.3, -0.25) is 0 Å². The molecular weight excluding hydrogens is 276 g/mol. The van der Waals surface area contributed by atoms with Gasteiger partial charge in [0.1, 0.15) is 0 Å². The van der Waals surface area contributed by atoms with Crippen molar-refractivity contribution in [3.63, 3.8) is 0 Å². The average molecular weight is 297 g/mol. The summed E-state index contributed by atoms with van der Waals surface area (Å²) in [5.41, 5.74) is 4.08. The standard InChI is InChI=1S/C14H21BrN2/c1-10-8-11(2)14(13(15)9-10)17-6-4-12(16-3)5-7-17/h8-9,12,16H,4-7H2,1-3H3. The lowest BCUT2D eigenvalue weighted by atomic mass is 10.0. The summed E-state index contributed by atoms with van der Waals surface area (Å²) in [5, 5.41) is 3.38. The molecule has 0 atom stereocenters. The second kappa shape index (κ2) is 5.40. The molecule has 1 heterocycles. The van der Waals surface area contributed by atoms with E-state index in [1.54, 1.807) is 0 Å². The van der Waals surface area contributed by atoms with Gasteiger partial charge in [0.25, 0.3) is 0 Å². The molecule has 1 aromatic carbocycles. The molecule has 0 unspecified atom stereocenters. The highest BCUT2D eigenvalue weighted by Crippen LogP contribution is 2.33. The van der Waals surface area contributed by atoms with Crippen molar-refractivity contribution in [1.29, 1.82) is 0 Å².